The van der Waals surface area contributed by atoms with Crippen LogP contribution in [0, 0.1) is 0 Å². The van der Waals surface area contributed by atoms with Gasteiger partial charge in [0.15, 0.2) is 17.5 Å². The van der Waals surface area contributed by atoms with Crippen LogP contribution in [0.25, 0.3) is 0 Å². The molecule has 1 aromatic heterocycles. The molecule has 0 aliphatic heterocycles. The van der Waals surface area contributed by atoms with E-state index in [2.05, 4.69) is 5.32 Å². The van der Waals surface area contributed by atoms with E-state index in [4.69, 9.17) is 5.11 Å². The molecule has 7 heteroatoms. The van der Waals surface area contributed by atoms with Crippen molar-refractivity contribution < 1.29 is 24.9 Å². The molecule has 0 aliphatic carbocycles. The third-order valence-corrected chi connectivity index (χ3v) is 3.52. The van der Waals surface area contributed by atoms with Crippen molar-refractivity contribution in [3.05, 3.63) is 46.2 Å². The average Bonchev–Trinajstić information content (AvgIpc) is 2.92. The number of phenolic OH excluding ortho intramolecular Hbond substituents is 2. The van der Waals surface area contributed by atoms with Gasteiger partial charge in [-0.1, -0.05) is 6.07 Å². The summed E-state index contributed by atoms with van der Waals surface area (Å²) < 4.78 is 0. The quantitative estimate of drug-likeness (QED) is 0.642. The van der Waals surface area contributed by atoms with Crippen LogP contribution in [0.15, 0.2) is 35.7 Å². The lowest BCUT2D eigenvalue weighted by Crippen LogP contribution is -2.33. The molecule has 0 saturated carbocycles. The van der Waals surface area contributed by atoms with Crippen molar-refractivity contribution >= 4 is 23.2 Å². The first-order chi connectivity index (χ1) is 9.49. The summed E-state index contributed by atoms with van der Waals surface area (Å²) in [5, 5.41) is 31.7. The maximum Gasteiger partial charge on any atom is 0.331 e. The highest BCUT2D eigenvalue weighted by atomic mass is 32.1. The van der Waals surface area contributed by atoms with E-state index in [0.717, 1.165) is 12.1 Å². The van der Waals surface area contributed by atoms with Gasteiger partial charge in [0.1, 0.15) is 0 Å². The minimum Gasteiger partial charge on any atom is -0.504 e. The number of hydrogen-bond acceptors (Lipinski definition) is 5. The third kappa shape index (κ3) is 2.89. The first-order valence-corrected chi connectivity index (χ1v) is 6.46. The number of carboxylic acids is 1. The van der Waals surface area contributed by atoms with E-state index in [1.54, 1.807) is 17.5 Å². The van der Waals surface area contributed by atoms with Crippen molar-refractivity contribution in [2.75, 3.05) is 0 Å². The monoisotopic (exact) mass is 293 g/mol. The number of aliphatic carboxylic acids is 1. The van der Waals surface area contributed by atoms with Gasteiger partial charge in [0.2, 0.25) is 0 Å². The SMILES string of the molecule is O=C(NC(C(=O)O)c1cccs1)c1ccc(O)c(O)c1. The maximum absolute atomic E-state index is 12.0. The lowest BCUT2D eigenvalue weighted by atomic mass is 10.1. The molecule has 6 nitrogen and oxygen atoms in total. The molecule has 20 heavy (non-hydrogen) atoms. The van der Waals surface area contributed by atoms with Crippen LogP contribution >= 0.6 is 11.3 Å². The predicted molar refractivity (Wildman–Crippen MR) is 71.9 cm³/mol. The smallest absolute Gasteiger partial charge is 0.331 e. The van der Waals surface area contributed by atoms with Crippen molar-refractivity contribution in [2.45, 2.75) is 6.04 Å². The van der Waals surface area contributed by atoms with Crippen molar-refractivity contribution in [2.24, 2.45) is 0 Å². The molecule has 0 radical (unpaired) electrons. The summed E-state index contributed by atoms with van der Waals surface area (Å²) in [7, 11) is 0. The number of phenols is 2. The van der Waals surface area contributed by atoms with E-state index in [0.29, 0.717) is 4.88 Å². The van der Waals surface area contributed by atoms with Gasteiger partial charge >= 0.3 is 5.97 Å². The fourth-order valence-corrected chi connectivity index (χ4v) is 2.36. The topological polar surface area (TPSA) is 107 Å². The molecule has 0 bridgehead atoms. The highest BCUT2D eigenvalue weighted by molar-refractivity contribution is 7.10. The van der Waals surface area contributed by atoms with Crippen molar-refractivity contribution in [3.63, 3.8) is 0 Å². The summed E-state index contributed by atoms with van der Waals surface area (Å²) in [6.45, 7) is 0. The molecule has 0 aliphatic rings. The van der Waals surface area contributed by atoms with Crippen LogP contribution in [0.4, 0.5) is 0 Å². The van der Waals surface area contributed by atoms with Gasteiger partial charge in [0.05, 0.1) is 0 Å². The van der Waals surface area contributed by atoms with E-state index >= 15 is 0 Å². The number of nitrogens with one attached hydrogen (secondary N) is 1. The van der Waals surface area contributed by atoms with E-state index in [9.17, 15) is 19.8 Å². The van der Waals surface area contributed by atoms with E-state index in [1.165, 1.54) is 17.4 Å². The Balaban J connectivity index is 2.20. The molecule has 2 rings (SSSR count). The molecular formula is C13H11NO5S. The summed E-state index contributed by atoms with van der Waals surface area (Å²) >= 11 is 1.22. The zero-order chi connectivity index (χ0) is 14.7. The molecule has 2 aromatic rings. The second-order valence-corrected chi connectivity index (χ2v) is 4.94. The standard InChI is InChI=1S/C13H11NO5S/c15-8-4-3-7(6-9(8)16)12(17)14-11(13(18)19)10-2-1-5-20-10/h1-6,11,15-16H,(H,14,17)(H,18,19). The molecule has 1 atom stereocenters. The molecule has 4 N–H and O–H groups in total. The van der Waals surface area contributed by atoms with Gasteiger partial charge in [-0.2, -0.15) is 0 Å². The number of hydrogen-bond donors (Lipinski definition) is 4. The lowest BCUT2D eigenvalue weighted by Gasteiger charge is -2.13. The fraction of sp³-hybridized carbons (Fsp3) is 0.0769. The van der Waals surface area contributed by atoms with Gasteiger partial charge in [0, 0.05) is 10.4 Å². The van der Waals surface area contributed by atoms with Crippen molar-refractivity contribution in [1.29, 1.82) is 0 Å². The fourth-order valence-electron chi connectivity index (χ4n) is 1.59. The summed E-state index contributed by atoms with van der Waals surface area (Å²) in [6.07, 6.45) is 0. The van der Waals surface area contributed by atoms with Crippen LogP contribution in [-0.2, 0) is 4.79 Å². The Bertz CT molecular complexity index is 638. The average molecular weight is 293 g/mol. The Labute approximate surface area is 117 Å². The molecule has 1 unspecified atom stereocenters. The minimum absolute atomic E-state index is 0.0584. The van der Waals surface area contributed by atoms with Crippen molar-refractivity contribution in [3.8, 4) is 11.5 Å². The van der Waals surface area contributed by atoms with Gasteiger partial charge in [0.25, 0.3) is 5.91 Å². The highest BCUT2D eigenvalue weighted by Gasteiger charge is 2.23. The molecule has 1 amide bonds. The van der Waals surface area contributed by atoms with Gasteiger partial charge in [-0.15, -0.1) is 11.3 Å². The van der Waals surface area contributed by atoms with Crippen LogP contribution < -0.4 is 5.32 Å². The zero-order valence-electron chi connectivity index (χ0n) is 10.1. The Hall–Kier alpha value is -2.54. The molecule has 0 fully saturated rings. The minimum atomic E-state index is -1.18. The lowest BCUT2D eigenvalue weighted by molar-refractivity contribution is -0.139. The van der Waals surface area contributed by atoms with Crippen LogP contribution in [0.5, 0.6) is 11.5 Å². The van der Waals surface area contributed by atoms with E-state index < -0.39 is 23.7 Å². The Morgan fingerprint density at radius 1 is 1.15 bits per heavy atom. The highest BCUT2D eigenvalue weighted by Crippen LogP contribution is 2.25. The second kappa shape index (κ2) is 5.62. The molecule has 1 aromatic carbocycles. The van der Waals surface area contributed by atoms with E-state index in [1.807, 2.05) is 0 Å². The number of carboxylic acid groups (broad SMARTS) is 1. The van der Waals surface area contributed by atoms with Gasteiger partial charge in [-0.25, -0.2) is 4.79 Å². The summed E-state index contributed by atoms with van der Waals surface area (Å²) in [6, 6.07) is 5.66. The number of thiophene rings is 1. The number of amides is 1. The van der Waals surface area contributed by atoms with Crippen LogP contribution in [0.3, 0.4) is 0 Å². The first-order valence-electron chi connectivity index (χ1n) is 5.58. The zero-order valence-corrected chi connectivity index (χ0v) is 10.9. The maximum atomic E-state index is 12.0. The summed E-state index contributed by atoms with van der Waals surface area (Å²) in [5.74, 6) is -2.62. The van der Waals surface area contributed by atoms with E-state index in [-0.39, 0.29) is 11.3 Å². The Kier molecular flexibility index (Phi) is 3.90. The molecule has 104 valence electrons. The molecule has 0 spiro atoms. The van der Waals surface area contributed by atoms with Gasteiger partial charge < -0.3 is 20.6 Å². The number of rotatable bonds is 4. The summed E-state index contributed by atoms with van der Waals surface area (Å²) in [5.41, 5.74) is 0.0584. The molecule has 1 heterocycles. The van der Waals surface area contributed by atoms with Crippen LogP contribution in [0.2, 0.25) is 0 Å². The first kappa shape index (κ1) is 13.9. The van der Waals surface area contributed by atoms with Crippen LogP contribution in [0.1, 0.15) is 21.3 Å². The number of aromatic hydroxyl groups is 2. The third-order valence-electron chi connectivity index (χ3n) is 2.59. The summed E-state index contributed by atoms with van der Waals surface area (Å²) in [4.78, 5) is 23.6. The number of carbonyl (C=O) groups is 2. The normalized spacial score (nSPS) is 11.8. The molecular weight excluding hydrogens is 282 g/mol. The largest absolute Gasteiger partial charge is 0.504 e. The Morgan fingerprint density at radius 3 is 2.45 bits per heavy atom. The Morgan fingerprint density at radius 2 is 1.90 bits per heavy atom. The van der Waals surface area contributed by atoms with Crippen LogP contribution in [-0.4, -0.2) is 27.2 Å². The molecule has 0 saturated heterocycles. The van der Waals surface area contributed by atoms with Crippen molar-refractivity contribution in [1.82, 2.24) is 5.32 Å². The predicted octanol–water partition coefficient (Wildman–Crippen LogP) is 1.71. The second-order valence-electron chi connectivity index (χ2n) is 3.96. The number of benzene rings is 1. The van der Waals surface area contributed by atoms with Gasteiger partial charge in [-0.05, 0) is 29.6 Å². The number of carbonyl (C=O) groups excluding carboxylic acids is 1. The van der Waals surface area contributed by atoms with Gasteiger partial charge in [-0.3, -0.25) is 4.79 Å².